The summed E-state index contributed by atoms with van der Waals surface area (Å²) in [5.74, 6) is 0. The van der Waals surface area contributed by atoms with E-state index in [1.165, 1.54) is 0 Å². The molecule has 0 amide bonds. The molecule has 2 nitrogen and oxygen atoms in total. The Kier molecular flexibility index (Phi) is 20.2. The van der Waals surface area contributed by atoms with Gasteiger partial charge in [0.2, 0.25) is 0 Å². The van der Waals surface area contributed by atoms with E-state index >= 15 is 0 Å². The fourth-order valence-corrected chi connectivity index (χ4v) is 0.381. The summed E-state index contributed by atoms with van der Waals surface area (Å²) in [4.78, 5) is 0. The van der Waals surface area contributed by atoms with Crippen molar-refractivity contribution in [3.8, 4) is 0 Å². The van der Waals surface area contributed by atoms with Crippen LogP contribution in [0.25, 0.3) is 0 Å². The fourth-order valence-electron chi connectivity index (χ4n) is 0.127. The molecule has 10 heavy (non-hydrogen) atoms. The second-order valence-electron chi connectivity index (χ2n) is 1.26. The first-order chi connectivity index (χ1) is 4.83. The van der Waals surface area contributed by atoms with Crippen LogP contribution in [0.4, 0.5) is 0 Å². The highest BCUT2D eigenvalue weighted by Crippen LogP contribution is 1.86. The van der Waals surface area contributed by atoms with E-state index < -0.39 is 0 Å². The maximum atomic E-state index is 9.49. The van der Waals surface area contributed by atoms with E-state index in [9.17, 15) is 4.57 Å². The van der Waals surface area contributed by atoms with Crippen LogP contribution in [0.3, 0.4) is 0 Å². The van der Waals surface area contributed by atoms with E-state index in [0.29, 0.717) is 12.8 Å². The van der Waals surface area contributed by atoms with Gasteiger partial charge in [-0.15, -0.1) is 6.58 Å². The minimum absolute atomic E-state index is 0.210. The number of hydrogen-bond donors (Lipinski definition) is 0. The summed E-state index contributed by atoms with van der Waals surface area (Å²) in [7, 11) is 1.92. The van der Waals surface area contributed by atoms with Crippen molar-refractivity contribution >= 4 is 17.9 Å². The maximum Gasteiger partial charge on any atom is 0.328 e. The molecule has 0 aromatic heterocycles. The summed E-state index contributed by atoms with van der Waals surface area (Å²) in [6.07, 6.45) is 3.94. The average Bonchev–Trinajstić information content (AvgIpc) is 1.93. The van der Waals surface area contributed by atoms with Gasteiger partial charge >= 0.3 is 8.46 Å². The third kappa shape index (κ3) is 24.6. The lowest BCUT2D eigenvalue weighted by atomic mass is 10.7. The molecular weight excluding hydrogens is 166 g/mol. The molecule has 0 aliphatic rings. The molecule has 0 aromatic rings. The van der Waals surface area contributed by atoms with E-state index in [4.69, 9.17) is 0 Å². The van der Waals surface area contributed by atoms with Crippen molar-refractivity contribution in [3.63, 3.8) is 0 Å². The van der Waals surface area contributed by atoms with Crippen LogP contribution in [-0.4, -0.2) is 12.8 Å². The Bertz CT molecular complexity index is 87.7. The van der Waals surface area contributed by atoms with Gasteiger partial charge in [0.1, 0.15) is 0 Å². The lowest BCUT2D eigenvalue weighted by Gasteiger charge is -1.79. The number of hydrogen-bond acceptors (Lipinski definition) is 2. The van der Waals surface area contributed by atoms with Crippen LogP contribution in [0, 0.1) is 0 Å². The van der Waals surface area contributed by atoms with Gasteiger partial charge in [-0.25, -0.2) is 0 Å². The van der Waals surface area contributed by atoms with E-state index in [2.05, 4.69) is 27.1 Å². The first-order valence-corrected chi connectivity index (χ1v) is 4.30. The molecule has 4 heteroatoms. The van der Waals surface area contributed by atoms with E-state index in [1.54, 1.807) is 12.2 Å². The zero-order chi connectivity index (χ0) is 8.24. The molecule has 58 valence electrons. The summed E-state index contributed by atoms with van der Waals surface area (Å²) in [6, 6.07) is 0. The average molecular weight is 179 g/mol. The van der Waals surface area contributed by atoms with Gasteiger partial charge in [0.15, 0.2) is 6.16 Å². The molecule has 0 saturated carbocycles. The number of allylic oxidation sites excluding steroid dienone is 1. The molecule has 0 radical (unpaired) electrons. The molecule has 0 aliphatic heterocycles. The Hall–Kier alpha value is -0.0300. The second kappa shape index (κ2) is 16.0. The highest BCUT2D eigenvalue weighted by molar-refractivity contribution is 7.23. The third-order valence-electron chi connectivity index (χ3n) is 0.442. The van der Waals surface area contributed by atoms with Gasteiger partial charge in [-0.1, -0.05) is 17.2 Å². The van der Waals surface area contributed by atoms with Gasteiger partial charge in [0.05, 0.1) is 6.61 Å². The predicted octanol–water partition coefficient (Wildman–Crippen LogP) is 2.18. The molecule has 2 atom stereocenters. The zero-order valence-corrected chi connectivity index (χ0v) is 8.03. The van der Waals surface area contributed by atoms with Crippen molar-refractivity contribution < 1.29 is 9.09 Å². The molecule has 0 aromatic carbocycles. The van der Waals surface area contributed by atoms with Crippen LogP contribution < -0.4 is 0 Å². The quantitative estimate of drug-likeness (QED) is 0.488. The molecule has 0 aliphatic carbocycles. The zero-order valence-electron chi connectivity index (χ0n) is 5.88. The summed E-state index contributed by atoms with van der Waals surface area (Å²) < 4.78 is 14.0. The van der Waals surface area contributed by atoms with Crippen LogP contribution in [0.15, 0.2) is 25.3 Å². The molecule has 0 fully saturated rings. The van der Waals surface area contributed by atoms with Crippen molar-refractivity contribution in [1.82, 2.24) is 0 Å². The molecule has 0 rings (SSSR count). The van der Waals surface area contributed by atoms with Gasteiger partial charge in [-0.2, -0.15) is 0 Å². The first-order valence-electron chi connectivity index (χ1n) is 2.72. The Morgan fingerprint density at radius 3 is 2.10 bits per heavy atom. The molecule has 2 unspecified atom stereocenters. The SMILES string of the molecule is C=CCOP.C=CC[PH+]=O. The number of rotatable bonds is 4. The van der Waals surface area contributed by atoms with E-state index in [1.807, 2.05) is 0 Å². The highest BCUT2D eigenvalue weighted by Gasteiger charge is 1.73. The van der Waals surface area contributed by atoms with Crippen molar-refractivity contribution in [1.29, 1.82) is 0 Å². The minimum Gasteiger partial charge on any atom is -0.362 e. The first kappa shape index (κ1) is 12.6. The van der Waals surface area contributed by atoms with Crippen molar-refractivity contribution in [2.45, 2.75) is 0 Å². The van der Waals surface area contributed by atoms with E-state index in [-0.39, 0.29) is 8.46 Å². The van der Waals surface area contributed by atoms with Crippen LogP contribution in [-0.2, 0) is 9.09 Å². The summed E-state index contributed by atoms with van der Waals surface area (Å²) in [6.45, 7) is 7.39. The monoisotopic (exact) mass is 179 g/mol. The topological polar surface area (TPSA) is 26.3 Å². The van der Waals surface area contributed by atoms with Crippen molar-refractivity contribution in [2.75, 3.05) is 12.8 Å². The molecule has 0 spiro atoms. The molecular formula is C6H13O2P2+. The normalized spacial score (nSPS) is 7.70. The van der Waals surface area contributed by atoms with Gasteiger partial charge in [-0.3, -0.25) is 0 Å². The van der Waals surface area contributed by atoms with Gasteiger partial charge in [0.25, 0.3) is 0 Å². The summed E-state index contributed by atoms with van der Waals surface area (Å²) in [5.41, 5.74) is 0. The van der Waals surface area contributed by atoms with Crippen LogP contribution in [0.2, 0.25) is 0 Å². The minimum atomic E-state index is -0.210. The molecule has 0 heterocycles. The van der Waals surface area contributed by atoms with Crippen molar-refractivity contribution in [3.05, 3.63) is 25.3 Å². The second-order valence-corrected chi connectivity index (χ2v) is 2.29. The Morgan fingerprint density at radius 2 is 2.10 bits per heavy atom. The largest absolute Gasteiger partial charge is 0.362 e. The molecule has 0 bridgehead atoms. The smallest absolute Gasteiger partial charge is 0.328 e. The van der Waals surface area contributed by atoms with Crippen LogP contribution in [0.5, 0.6) is 0 Å². The lowest BCUT2D eigenvalue weighted by molar-refractivity contribution is 0.427. The molecule has 0 N–H and O–H groups in total. The van der Waals surface area contributed by atoms with E-state index in [0.717, 1.165) is 0 Å². The van der Waals surface area contributed by atoms with Crippen molar-refractivity contribution in [2.24, 2.45) is 0 Å². The maximum absolute atomic E-state index is 9.49. The van der Waals surface area contributed by atoms with Gasteiger partial charge in [0, 0.05) is 9.47 Å². The standard InChI is InChI=1S/C3H5OP.C3H7OP/c1-2-3-5-4;1-2-3-4-5/h2H,1,3H2;2H,1,3,5H2/p+1. The predicted molar refractivity (Wildman–Crippen MR) is 49.9 cm³/mol. The van der Waals surface area contributed by atoms with Crippen LogP contribution >= 0.6 is 17.9 Å². The Morgan fingerprint density at radius 1 is 1.50 bits per heavy atom. The van der Waals surface area contributed by atoms with Gasteiger partial charge < -0.3 is 4.52 Å². The van der Waals surface area contributed by atoms with Gasteiger partial charge in [-0.05, 0) is 6.08 Å². The summed E-state index contributed by atoms with van der Waals surface area (Å²) >= 11 is 0. The third-order valence-corrected chi connectivity index (χ3v) is 1.09. The Labute approximate surface area is 65.8 Å². The molecule has 0 saturated heterocycles. The Balaban J connectivity index is 0. The van der Waals surface area contributed by atoms with Crippen LogP contribution in [0.1, 0.15) is 0 Å². The highest BCUT2D eigenvalue weighted by atomic mass is 31.1. The fraction of sp³-hybridized carbons (Fsp3) is 0.333. The summed E-state index contributed by atoms with van der Waals surface area (Å²) in [5, 5.41) is 0. The lowest BCUT2D eigenvalue weighted by Crippen LogP contribution is -1.67.